The molecule has 1 fully saturated rings. The van der Waals surface area contributed by atoms with Crippen LogP contribution in [-0.4, -0.2) is 30.9 Å². The van der Waals surface area contributed by atoms with E-state index in [-0.39, 0.29) is 17.7 Å². The van der Waals surface area contributed by atoms with Crippen molar-refractivity contribution in [2.24, 2.45) is 5.92 Å². The molecule has 4 nitrogen and oxygen atoms in total. The molecule has 80 valence electrons. The van der Waals surface area contributed by atoms with Crippen LogP contribution in [0.25, 0.3) is 0 Å². The van der Waals surface area contributed by atoms with Gasteiger partial charge in [-0.1, -0.05) is 13.3 Å². The fourth-order valence-corrected chi connectivity index (χ4v) is 1.50. The molecule has 1 aliphatic rings. The largest absolute Gasteiger partial charge is 0.379 e. The summed E-state index contributed by atoms with van der Waals surface area (Å²) in [5.41, 5.74) is 0. The Morgan fingerprint density at radius 3 is 2.79 bits per heavy atom. The first-order valence-corrected chi connectivity index (χ1v) is 5.05. The third-order valence-electron chi connectivity index (χ3n) is 2.39. The van der Waals surface area contributed by atoms with Crippen molar-refractivity contribution in [2.75, 3.05) is 13.2 Å². The second-order valence-corrected chi connectivity index (χ2v) is 3.63. The number of unbranched alkanes of at least 4 members (excludes halogenated alkanes) is 1. The first-order valence-electron chi connectivity index (χ1n) is 5.05. The predicted octanol–water partition coefficient (Wildman–Crippen LogP) is 0.507. The molecular formula is C10H17NO3. The van der Waals surface area contributed by atoms with Gasteiger partial charge in [-0.25, -0.2) is 0 Å². The molecule has 1 rings (SSSR count). The van der Waals surface area contributed by atoms with Gasteiger partial charge in [0.1, 0.15) is 11.7 Å². The summed E-state index contributed by atoms with van der Waals surface area (Å²) < 4.78 is 5.34. The highest BCUT2D eigenvalue weighted by atomic mass is 16.5. The van der Waals surface area contributed by atoms with Crippen molar-refractivity contribution < 1.29 is 14.3 Å². The van der Waals surface area contributed by atoms with Crippen LogP contribution >= 0.6 is 0 Å². The topological polar surface area (TPSA) is 55.4 Å². The van der Waals surface area contributed by atoms with Gasteiger partial charge < -0.3 is 10.1 Å². The molecular weight excluding hydrogens is 182 g/mol. The lowest BCUT2D eigenvalue weighted by Crippen LogP contribution is -2.62. The van der Waals surface area contributed by atoms with Crippen molar-refractivity contribution in [1.29, 1.82) is 0 Å². The third kappa shape index (κ3) is 2.54. The van der Waals surface area contributed by atoms with Gasteiger partial charge >= 0.3 is 0 Å². The third-order valence-corrected chi connectivity index (χ3v) is 2.39. The van der Waals surface area contributed by atoms with Gasteiger partial charge in [-0.3, -0.25) is 9.59 Å². The Labute approximate surface area is 84.0 Å². The zero-order chi connectivity index (χ0) is 10.6. The Morgan fingerprint density at radius 2 is 2.29 bits per heavy atom. The first kappa shape index (κ1) is 11.2. The lowest BCUT2D eigenvalue weighted by molar-refractivity contribution is -0.144. The number of rotatable bonds is 6. The molecule has 0 aromatic rings. The molecule has 0 spiro atoms. The van der Waals surface area contributed by atoms with Crippen LogP contribution in [0.1, 0.15) is 26.7 Å². The summed E-state index contributed by atoms with van der Waals surface area (Å²) in [6.07, 6.45) is 2.11. The molecule has 0 bridgehead atoms. The minimum absolute atomic E-state index is 0.0714. The minimum Gasteiger partial charge on any atom is -0.379 e. The Bertz CT molecular complexity index is 219. The summed E-state index contributed by atoms with van der Waals surface area (Å²) in [7, 11) is 0. The number of β-lactam (4-membered cyclic amide) rings is 1. The average molecular weight is 199 g/mol. The zero-order valence-electron chi connectivity index (χ0n) is 8.71. The van der Waals surface area contributed by atoms with Crippen molar-refractivity contribution in [1.82, 2.24) is 5.32 Å². The Balaban J connectivity index is 2.20. The number of ketones is 1. The molecule has 0 aromatic heterocycles. The summed E-state index contributed by atoms with van der Waals surface area (Å²) in [5, 5.41) is 2.67. The van der Waals surface area contributed by atoms with E-state index < -0.39 is 5.92 Å². The first-order chi connectivity index (χ1) is 6.66. The molecule has 2 atom stereocenters. The number of hydrogen-bond donors (Lipinski definition) is 1. The van der Waals surface area contributed by atoms with Gasteiger partial charge in [0.05, 0.1) is 12.6 Å². The van der Waals surface area contributed by atoms with Crippen molar-refractivity contribution >= 4 is 11.7 Å². The Morgan fingerprint density at radius 1 is 1.57 bits per heavy atom. The molecule has 4 heteroatoms. The molecule has 0 unspecified atom stereocenters. The lowest BCUT2D eigenvalue weighted by Gasteiger charge is -2.34. The van der Waals surface area contributed by atoms with Crippen molar-refractivity contribution in [3.05, 3.63) is 0 Å². The summed E-state index contributed by atoms with van der Waals surface area (Å²) in [4.78, 5) is 22.0. The zero-order valence-corrected chi connectivity index (χ0v) is 8.71. The fraction of sp³-hybridized carbons (Fsp3) is 0.800. The minimum atomic E-state index is -0.475. The Kier molecular flexibility index (Phi) is 4.07. The molecule has 1 amide bonds. The monoisotopic (exact) mass is 199 g/mol. The van der Waals surface area contributed by atoms with E-state index in [0.29, 0.717) is 13.2 Å². The molecule has 1 N–H and O–H groups in total. The van der Waals surface area contributed by atoms with Crippen LogP contribution in [0.5, 0.6) is 0 Å². The smallest absolute Gasteiger partial charge is 0.233 e. The molecule has 0 saturated carbocycles. The molecule has 14 heavy (non-hydrogen) atoms. The van der Waals surface area contributed by atoms with E-state index in [1.54, 1.807) is 0 Å². The second kappa shape index (κ2) is 5.10. The summed E-state index contributed by atoms with van der Waals surface area (Å²) in [5.74, 6) is -0.712. The van der Waals surface area contributed by atoms with Gasteiger partial charge in [-0.2, -0.15) is 0 Å². The second-order valence-electron chi connectivity index (χ2n) is 3.63. The van der Waals surface area contributed by atoms with E-state index >= 15 is 0 Å². The van der Waals surface area contributed by atoms with Gasteiger partial charge in [0.15, 0.2) is 0 Å². The highest BCUT2D eigenvalue weighted by Crippen LogP contribution is 2.16. The molecule has 1 saturated heterocycles. The van der Waals surface area contributed by atoms with E-state index in [1.165, 1.54) is 6.92 Å². The van der Waals surface area contributed by atoms with Crippen molar-refractivity contribution in [3.8, 4) is 0 Å². The molecule has 0 aliphatic carbocycles. The van der Waals surface area contributed by atoms with Crippen LogP contribution in [0.3, 0.4) is 0 Å². The fourth-order valence-electron chi connectivity index (χ4n) is 1.50. The van der Waals surface area contributed by atoms with E-state index in [9.17, 15) is 9.59 Å². The standard InChI is InChI=1S/C10H17NO3/c1-3-4-5-14-6-8-9(7(2)12)10(13)11-8/h8-9H,3-6H2,1-2H3,(H,11,13)/t8-,9-/m0/s1. The maximum absolute atomic E-state index is 11.0. The van der Waals surface area contributed by atoms with Crippen LogP contribution in [-0.2, 0) is 14.3 Å². The van der Waals surface area contributed by atoms with Crippen LogP contribution in [0.4, 0.5) is 0 Å². The summed E-state index contributed by atoms with van der Waals surface area (Å²) in [6.45, 7) is 4.69. The summed E-state index contributed by atoms with van der Waals surface area (Å²) in [6, 6.07) is -0.100. The maximum Gasteiger partial charge on any atom is 0.233 e. The van der Waals surface area contributed by atoms with Gasteiger partial charge in [0.2, 0.25) is 5.91 Å². The quantitative estimate of drug-likeness (QED) is 0.385. The Hall–Kier alpha value is -0.900. The molecule has 1 aliphatic heterocycles. The van der Waals surface area contributed by atoms with Crippen LogP contribution < -0.4 is 5.32 Å². The number of amides is 1. The predicted molar refractivity (Wildman–Crippen MR) is 51.8 cm³/mol. The molecule has 1 heterocycles. The van der Waals surface area contributed by atoms with Gasteiger partial charge in [-0.15, -0.1) is 0 Å². The van der Waals surface area contributed by atoms with E-state index in [4.69, 9.17) is 4.74 Å². The van der Waals surface area contributed by atoms with Crippen molar-refractivity contribution in [2.45, 2.75) is 32.7 Å². The van der Waals surface area contributed by atoms with Gasteiger partial charge in [-0.05, 0) is 13.3 Å². The maximum atomic E-state index is 11.0. The highest BCUT2D eigenvalue weighted by molar-refractivity contribution is 6.05. The number of Topliss-reactive ketones (excluding diaryl/α,β-unsaturated/α-hetero) is 1. The van der Waals surface area contributed by atoms with Crippen LogP contribution in [0.2, 0.25) is 0 Å². The number of carbonyl (C=O) groups is 2. The normalized spacial score (nSPS) is 25.4. The number of carbonyl (C=O) groups excluding carboxylic acids is 2. The van der Waals surface area contributed by atoms with E-state index in [2.05, 4.69) is 12.2 Å². The van der Waals surface area contributed by atoms with Crippen LogP contribution in [0.15, 0.2) is 0 Å². The van der Waals surface area contributed by atoms with Gasteiger partial charge in [0, 0.05) is 6.61 Å². The molecule has 0 radical (unpaired) electrons. The summed E-state index contributed by atoms with van der Waals surface area (Å²) >= 11 is 0. The lowest BCUT2D eigenvalue weighted by atomic mass is 9.88. The SMILES string of the molecule is CCCCOC[C@@H]1NC(=O)[C@H]1C(C)=O. The highest BCUT2D eigenvalue weighted by Gasteiger charge is 2.42. The van der Waals surface area contributed by atoms with E-state index in [1.807, 2.05) is 0 Å². The number of hydrogen-bond acceptors (Lipinski definition) is 3. The molecule has 0 aromatic carbocycles. The average Bonchev–Trinajstić information content (AvgIpc) is 2.08. The van der Waals surface area contributed by atoms with Crippen molar-refractivity contribution in [3.63, 3.8) is 0 Å². The number of ether oxygens (including phenoxy) is 1. The number of nitrogens with one attached hydrogen (secondary N) is 1. The van der Waals surface area contributed by atoms with E-state index in [0.717, 1.165) is 12.8 Å². The van der Waals surface area contributed by atoms with Gasteiger partial charge in [0.25, 0.3) is 0 Å². The van der Waals surface area contributed by atoms with Crippen LogP contribution in [0, 0.1) is 5.92 Å².